The van der Waals surface area contributed by atoms with Gasteiger partial charge in [-0.1, -0.05) is 30.3 Å². The first kappa shape index (κ1) is 21.8. The normalized spacial score (nSPS) is 25.2. The van der Waals surface area contributed by atoms with Gasteiger partial charge in [0.15, 0.2) is 0 Å². The van der Waals surface area contributed by atoms with Crippen LogP contribution in [0.2, 0.25) is 0 Å². The fraction of sp³-hybridized carbons (Fsp3) is 0.409. The second-order valence-corrected chi connectivity index (χ2v) is 10.1. The molecular weight excluding hydrogens is 429 g/mol. The molecule has 1 aliphatic heterocycles. The Morgan fingerprint density at radius 3 is 2.45 bits per heavy atom. The number of carbonyl (C=O) groups excluding carboxylic acids is 1. The van der Waals surface area contributed by atoms with Crippen LogP contribution < -0.4 is 4.72 Å². The van der Waals surface area contributed by atoms with E-state index in [0.717, 1.165) is 12.1 Å². The van der Waals surface area contributed by atoms with E-state index in [1.165, 1.54) is 30.0 Å². The number of nitrogens with zero attached hydrogens (tertiary/aromatic N) is 1. The van der Waals surface area contributed by atoms with Crippen molar-refractivity contribution in [1.82, 2.24) is 9.62 Å². The fourth-order valence-electron chi connectivity index (χ4n) is 4.11. The van der Waals surface area contributed by atoms with Crippen LogP contribution in [0.3, 0.4) is 0 Å². The molecule has 166 valence electrons. The zero-order valence-electron chi connectivity index (χ0n) is 16.9. The number of hydrogen-bond donors (Lipinski definition) is 1. The van der Waals surface area contributed by atoms with Crippen molar-refractivity contribution in [2.24, 2.45) is 5.92 Å². The minimum absolute atomic E-state index is 0.0622. The molecule has 0 unspecified atom stereocenters. The highest BCUT2D eigenvalue weighted by molar-refractivity contribution is 7.89. The quantitative estimate of drug-likeness (QED) is 0.701. The molecule has 2 aliphatic rings. The molecule has 2 fully saturated rings. The lowest BCUT2D eigenvalue weighted by Gasteiger charge is -2.41. The van der Waals surface area contributed by atoms with Crippen LogP contribution in [0.15, 0.2) is 42.5 Å². The minimum Gasteiger partial charge on any atom is -0.338 e. The van der Waals surface area contributed by atoms with E-state index in [9.17, 15) is 22.0 Å². The lowest BCUT2D eigenvalue weighted by molar-refractivity contribution is -0.141. The Labute approximate surface area is 179 Å². The number of hydrogen-bond acceptors (Lipinski definition) is 3. The monoisotopic (exact) mass is 452 g/mol. The van der Waals surface area contributed by atoms with E-state index in [-0.39, 0.29) is 41.5 Å². The third-order valence-electron chi connectivity index (χ3n) is 6.14. The largest absolute Gasteiger partial charge is 0.338 e. The van der Waals surface area contributed by atoms with Gasteiger partial charge in [-0.15, -0.1) is 0 Å². The third kappa shape index (κ3) is 3.96. The predicted molar refractivity (Wildman–Crippen MR) is 110 cm³/mol. The van der Waals surface area contributed by atoms with Crippen molar-refractivity contribution in [3.63, 3.8) is 0 Å². The van der Waals surface area contributed by atoms with Gasteiger partial charge in [-0.2, -0.15) is 0 Å². The van der Waals surface area contributed by atoms with Gasteiger partial charge in [0.05, 0.1) is 17.2 Å². The molecule has 2 aromatic rings. The molecule has 4 rings (SSSR count). The number of amides is 1. The van der Waals surface area contributed by atoms with Crippen LogP contribution in [0.5, 0.6) is 0 Å². The topological polar surface area (TPSA) is 66.5 Å². The molecule has 1 N–H and O–H groups in total. The lowest BCUT2D eigenvalue weighted by Crippen LogP contribution is -2.56. The Kier molecular flexibility index (Phi) is 5.59. The number of likely N-dealkylation sites (tertiary alicyclic amines) is 1. The van der Waals surface area contributed by atoms with E-state index in [1.807, 2.05) is 0 Å². The number of sulfonamides is 1. The summed E-state index contributed by atoms with van der Waals surface area (Å²) in [5.41, 5.74) is -2.16. The Balaban J connectivity index is 1.54. The summed E-state index contributed by atoms with van der Waals surface area (Å²) in [5, 5.41) is 0. The summed E-state index contributed by atoms with van der Waals surface area (Å²) in [4.78, 5) is 14.4. The Bertz CT molecular complexity index is 1100. The number of benzene rings is 2. The summed E-state index contributed by atoms with van der Waals surface area (Å²) in [6.45, 7) is 2.03. The van der Waals surface area contributed by atoms with Crippen LogP contribution in [-0.2, 0) is 20.5 Å². The maximum Gasteiger partial charge on any atom is 0.229 e. The first-order valence-corrected chi connectivity index (χ1v) is 11.8. The highest BCUT2D eigenvalue weighted by atomic mass is 32.2. The molecule has 0 radical (unpaired) electrons. The standard InChI is InChI=1S/C22H23F3N2O3S/c1-2-31(29,30)26-13-14-10-11-27(14)21(28)17-12-22(17,25)16-7-4-3-6-15(16)20-18(23)8-5-9-19(20)24/h3-9,14,17,26H,2,10-13H2,1H3/t14-,17+,22-/m1/s1. The van der Waals surface area contributed by atoms with Crippen molar-refractivity contribution in [1.29, 1.82) is 0 Å². The van der Waals surface area contributed by atoms with E-state index in [1.54, 1.807) is 12.1 Å². The molecule has 3 atom stereocenters. The molecule has 1 saturated heterocycles. The van der Waals surface area contributed by atoms with Gasteiger partial charge in [-0.05, 0) is 36.6 Å². The van der Waals surface area contributed by atoms with Crippen LogP contribution >= 0.6 is 0 Å². The van der Waals surface area contributed by atoms with Gasteiger partial charge in [-0.25, -0.2) is 26.3 Å². The van der Waals surface area contributed by atoms with Gasteiger partial charge in [0.1, 0.15) is 17.3 Å². The maximum atomic E-state index is 15.8. The minimum atomic E-state index is -3.39. The Morgan fingerprint density at radius 2 is 1.84 bits per heavy atom. The van der Waals surface area contributed by atoms with Crippen LogP contribution in [-0.4, -0.2) is 44.1 Å². The van der Waals surface area contributed by atoms with E-state index in [4.69, 9.17) is 0 Å². The molecule has 9 heteroatoms. The molecule has 5 nitrogen and oxygen atoms in total. The third-order valence-corrected chi connectivity index (χ3v) is 7.51. The second-order valence-electron chi connectivity index (χ2n) is 7.99. The fourth-order valence-corrected chi connectivity index (χ4v) is 4.76. The molecule has 0 spiro atoms. The zero-order valence-corrected chi connectivity index (χ0v) is 17.8. The summed E-state index contributed by atoms with van der Waals surface area (Å²) < 4.78 is 70.3. The van der Waals surface area contributed by atoms with E-state index in [2.05, 4.69) is 4.72 Å². The summed E-state index contributed by atoms with van der Waals surface area (Å²) in [6.07, 6.45) is 0.545. The summed E-state index contributed by atoms with van der Waals surface area (Å²) >= 11 is 0. The molecule has 1 amide bonds. The first-order valence-electron chi connectivity index (χ1n) is 10.2. The average molecular weight is 452 g/mol. The van der Waals surface area contributed by atoms with E-state index < -0.39 is 39.2 Å². The van der Waals surface area contributed by atoms with Gasteiger partial charge in [0, 0.05) is 25.6 Å². The predicted octanol–water partition coefficient (Wildman–Crippen LogP) is 3.36. The molecule has 31 heavy (non-hydrogen) atoms. The van der Waals surface area contributed by atoms with Crippen LogP contribution in [0, 0.1) is 17.6 Å². The molecule has 1 saturated carbocycles. The Hall–Kier alpha value is -2.39. The van der Waals surface area contributed by atoms with Crippen molar-refractivity contribution < 1.29 is 26.4 Å². The first-order chi connectivity index (χ1) is 14.7. The zero-order chi connectivity index (χ0) is 22.4. The van der Waals surface area contributed by atoms with E-state index in [0.29, 0.717) is 13.0 Å². The average Bonchev–Trinajstić information content (AvgIpc) is 3.40. The highest BCUT2D eigenvalue weighted by Crippen LogP contribution is 2.59. The van der Waals surface area contributed by atoms with Crippen molar-refractivity contribution in [3.8, 4) is 11.1 Å². The summed E-state index contributed by atoms with van der Waals surface area (Å²) in [5.74, 6) is -3.03. The van der Waals surface area contributed by atoms with Gasteiger partial charge in [0.25, 0.3) is 0 Å². The van der Waals surface area contributed by atoms with Crippen LogP contribution in [0.1, 0.15) is 25.3 Å². The molecule has 1 heterocycles. The van der Waals surface area contributed by atoms with Crippen molar-refractivity contribution in [3.05, 3.63) is 59.7 Å². The molecule has 0 bridgehead atoms. The number of rotatable bonds is 7. The molecule has 0 aromatic heterocycles. The van der Waals surface area contributed by atoms with Crippen molar-refractivity contribution >= 4 is 15.9 Å². The number of nitrogens with one attached hydrogen (secondary N) is 1. The van der Waals surface area contributed by atoms with E-state index >= 15 is 4.39 Å². The smallest absolute Gasteiger partial charge is 0.229 e. The summed E-state index contributed by atoms with van der Waals surface area (Å²) in [7, 11) is -3.39. The van der Waals surface area contributed by atoms with Crippen molar-refractivity contribution in [2.45, 2.75) is 31.5 Å². The number of carbonyl (C=O) groups is 1. The lowest BCUT2D eigenvalue weighted by atomic mass is 9.93. The number of alkyl halides is 1. The Morgan fingerprint density at radius 1 is 1.16 bits per heavy atom. The summed E-state index contributed by atoms with van der Waals surface area (Å²) in [6, 6.07) is 9.18. The van der Waals surface area contributed by atoms with Crippen molar-refractivity contribution in [2.75, 3.05) is 18.8 Å². The van der Waals surface area contributed by atoms with Gasteiger partial charge >= 0.3 is 0 Å². The SMILES string of the molecule is CCS(=O)(=O)NC[C@H]1CCN1C(=O)[C@@H]1C[C@@]1(F)c1ccccc1-c1c(F)cccc1F. The molecule has 1 aliphatic carbocycles. The maximum absolute atomic E-state index is 15.8. The number of halogens is 3. The van der Waals surface area contributed by atoms with Gasteiger partial charge in [-0.3, -0.25) is 4.79 Å². The molecule has 2 aromatic carbocycles. The molecular formula is C22H23F3N2O3S. The second kappa shape index (κ2) is 7.94. The van der Waals surface area contributed by atoms with Gasteiger partial charge < -0.3 is 4.90 Å². The van der Waals surface area contributed by atoms with Crippen LogP contribution in [0.4, 0.5) is 13.2 Å². The van der Waals surface area contributed by atoms with Gasteiger partial charge in [0.2, 0.25) is 15.9 Å². The highest BCUT2D eigenvalue weighted by Gasteiger charge is 2.63. The van der Waals surface area contributed by atoms with Crippen LogP contribution in [0.25, 0.3) is 11.1 Å².